The molecule has 0 fully saturated rings. The standard InChI is InChI=1S/C25H22F3N5O2/c1-14-6-7-20(32-24(35)31-19-5-3-4-18(11-19)25(26,27)28)9-17(14)12-29-21-8-16-10-22(15(2)34)33-23(16)30-13-21/h3-11,13,29H,12H2,1-2H3,(H,30,33)(H2,31,32,35). The zero-order valence-corrected chi connectivity index (χ0v) is 18.9. The average molecular weight is 481 g/mol. The van der Waals surface area contributed by atoms with Crippen LogP contribution in [0.25, 0.3) is 11.0 Å². The van der Waals surface area contributed by atoms with Gasteiger partial charge >= 0.3 is 12.2 Å². The minimum atomic E-state index is -4.50. The number of hydrogen-bond donors (Lipinski definition) is 4. The average Bonchev–Trinajstić information content (AvgIpc) is 3.23. The number of amides is 2. The lowest BCUT2D eigenvalue weighted by Crippen LogP contribution is -2.20. The maximum Gasteiger partial charge on any atom is 0.416 e. The molecule has 0 spiro atoms. The third-order valence-corrected chi connectivity index (χ3v) is 5.39. The maximum absolute atomic E-state index is 12.9. The van der Waals surface area contributed by atoms with E-state index >= 15 is 0 Å². The first kappa shape index (κ1) is 23.8. The van der Waals surface area contributed by atoms with Crippen molar-refractivity contribution in [3.05, 3.63) is 83.2 Å². The van der Waals surface area contributed by atoms with E-state index in [-0.39, 0.29) is 11.5 Å². The molecule has 2 aromatic carbocycles. The van der Waals surface area contributed by atoms with Crippen LogP contribution in [0.1, 0.15) is 34.1 Å². The summed E-state index contributed by atoms with van der Waals surface area (Å²) in [6.07, 6.45) is -2.84. The Labute approximate surface area is 198 Å². The number of nitrogens with zero attached hydrogens (tertiary/aromatic N) is 1. The van der Waals surface area contributed by atoms with Crippen LogP contribution < -0.4 is 16.0 Å². The minimum Gasteiger partial charge on any atom is -0.380 e. The van der Waals surface area contributed by atoms with Crippen molar-refractivity contribution in [1.82, 2.24) is 9.97 Å². The molecule has 0 atom stereocenters. The van der Waals surface area contributed by atoms with E-state index in [1.54, 1.807) is 24.4 Å². The number of pyridine rings is 1. The quantitative estimate of drug-likeness (QED) is 0.241. The first-order valence-corrected chi connectivity index (χ1v) is 10.7. The van der Waals surface area contributed by atoms with Crippen LogP contribution in [0.3, 0.4) is 0 Å². The fourth-order valence-electron chi connectivity index (χ4n) is 3.51. The molecule has 0 aliphatic rings. The minimum absolute atomic E-state index is 0.0342. The maximum atomic E-state index is 12.9. The molecule has 7 nitrogen and oxygen atoms in total. The number of ketones is 1. The highest BCUT2D eigenvalue weighted by atomic mass is 19.4. The molecule has 10 heteroatoms. The van der Waals surface area contributed by atoms with E-state index in [2.05, 4.69) is 25.9 Å². The topological polar surface area (TPSA) is 98.9 Å². The number of nitrogens with one attached hydrogen (secondary N) is 4. The molecule has 2 aromatic heterocycles. The van der Waals surface area contributed by atoms with E-state index in [1.807, 2.05) is 19.1 Å². The largest absolute Gasteiger partial charge is 0.416 e. The van der Waals surface area contributed by atoms with Gasteiger partial charge in [0.25, 0.3) is 0 Å². The number of carbonyl (C=O) groups excluding carboxylic acids is 2. The molecule has 4 rings (SSSR count). The van der Waals surface area contributed by atoms with Gasteiger partial charge in [0.05, 0.1) is 23.1 Å². The van der Waals surface area contributed by atoms with E-state index in [0.717, 1.165) is 34.3 Å². The Morgan fingerprint density at radius 3 is 2.43 bits per heavy atom. The van der Waals surface area contributed by atoms with E-state index < -0.39 is 17.8 Å². The summed E-state index contributed by atoms with van der Waals surface area (Å²) in [5.74, 6) is -0.0745. The molecule has 180 valence electrons. The highest BCUT2D eigenvalue weighted by molar-refractivity contribution is 6.00. The second-order valence-corrected chi connectivity index (χ2v) is 8.05. The number of hydrogen-bond acceptors (Lipinski definition) is 4. The molecule has 0 bridgehead atoms. The highest BCUT2D eigenvalue weighted by Gasteiger charge is 2.30. The van der Waals surface area contributed by atoms with Gasteiger partial charge in [-0.25, -0.2) is 9.78 Å². The Morgan fingerprint density at radius 2 is 1.71 bits per heavy atom. The van der Waals surface area contributed by atoms with Crippen LogP contribution in [0.5, 0.6) is 0 Å². The van der Waals surface area contributed by atoms with Crippen molar-refractivity contribution in [2.24, 2.45) is 0 Å². The number of carbonyl (C=O) groups is 2. The SMILES string of the molecule is CC(=O)c1cc2cc(NCc3cc(NC(=O)Nc4cccc(C(F)(F)F)c4)ccc3C)cnc2[nH]1. The van der Waals surface area contributed by atoms with Crippen LogP contribution >= 0.6 is 0 Å². The van der Waals surface area contributed by atoms with Gasteiger partial charge in [0.15, 0.2) is 5.78 Å². The van der Waals surface area contributed by atoms with Crippen LogP contribution in [0.2, 0.25) is 0 Å². The number of fused-ring (bicyclic) bond motifs is 1. The van der Waals surface area contributed by atoms with Gasteiger partial charge in [-0.05, 0) is 60.5 Å². The molecule has 2 heterocycles. The number of aromatic nitrogens is 2. The Balaban J connectivity index is 1.42. The first-order valence-electron chi connectivity index (χ1n) is 10.7. The fraction of sp³-hybridized carbons (Fsp3) is 0.160. The number of Topliss-reactive ketones (excluding diaryl/α,β-unsaturated/α-hetero) is 1. The lowest BCUT2D eigenvalue weighted by atomic mass is 10.1. The first-order chi connectivity index (χ1) is 16.6. The van der Waals surface area contributed by atoms with Crippen LogP contribution in [-0.2, 0) is 12.7 Å². The summed E-state index contributed by atoms with van der Waals surface area (Å²) in [7, 11) is 0. The number of anilines is 3. The van der Waals surface area contributed by atoms with Gasteiger partial charge in [0, 0.05) is 30.2 Å². The second kappa shape index (κ2) is 9.49. The monoisotopic (exact) mass is 481 g/mol. The highest BCUT2D eigenvalue weighted by Crippen LogP contribution is 2.30. The van der Waals surface area contributed by atoms with Gasteiger partial charge in [-0.15, -0.1) is 0 Å². The zero-order chi connectivity index (χ0) is 25.2. The van der Waals surface area contributed by atoms with E-state index in [0.29, 0.717) is 23.6 Å². The predicted molar refractivity (Wildman–Crippen MR) is 129 cm³/mol. The van der Waals surface area contributed by atoms with Crippen molar-refractivity contribution in [3.63, 3.8) is 0 Å². The van der Waals surface area contributed by atoms with Crippen LogP contribution in [0.4, 0.5) is 35.0 Å². The summed E-state index contributed by atoms with van der Waals surface area (Å²) in [5.41, 5.74) is 3.43. The number of H-pyrrole nitrogens is 1. The summed E-state index contributed by atoms with van der Waals surface area (Å²) < 4.78 is 38.7. The van der Waals surface area contributed by atoms with Crippen molar-refractivity contribution in [1.29, 1.82) is 0 Å². The molecular weight excluding hydrogens is 459 g/mol. The van der Waals surface area contributed by atoms with Gasteiger partial charge in [-0.1, -0.05) is 12.1 Å². The molecular formula is C25H22F3N5O2. The third-order valence-electron chi connectivity index (χ3n) is 5.39. The molecule has 0 aliphatic carbocycles. The second-order valence-electron chi connectivity index (χ2n) is 8.05. The van der Waals surface area contributed by atoms with Crippen molar-refractivity contribution >= 4 is 39.9 Å². The summed E-state index contributed by atoms with van der Waals surface area (Å²) >= 11 is 0. The number of aromatic amines is 1. The number of halogens is 3. The zero-order valence-electron chi connectivity index (χ0n) is 18.9. The fourth-order valence-corrected chi connectivity index (χ4v) is 3.51. The van der Waals surface area contributed by atoms with E-state index in [9.17, 15) is 22.8 Å². The predicted octanol–water partition coefficient (Wildman–Crippen LogP) is 6.35. The Bertz CT molecular complexity index is 1410. The number of urea groups is 1. The summed E-state index contributed by atoms with van der Waals surface area (Å²) in [5, 5.41) is 9.15. The Hall–Kier alpha value is -4.34. The Kier molecular flexibility index (Phi) is 6.46. The van der Waals surface area contributed by atoms with Gasteiger partial charge < -0.3 is 20.9 Å². The van der Waals surface area contributed by atoms with E-state index in [1.165, 1.54) is 19.1 Å². The molecule has 2 amide bonds. The summed E-state index contributed by atoms with van der Waals surface area (Å²) in [6, 6.07) is 12.7. The molecule has 35 heavy (non-hydrogen) atoms. The molecule has 4 N–H and O–H groups in total. The van der Waals surface area contributed by atoms with Gasteiger partial charge in [-0.2, -0.15) is 13.2 Å². The Morgan fingerprint density at radius 1 is 0.971 bits per heavy atom. The van der Waals surface area contributed by atoms with Gasteiger partial charge in [-0.3, -0.25) is 4.79 Å². The van der Waals surface area contributed by atoms with E-state index in [4.69, 9.17) is 0 Å². The molecule has 0 unspecified atom stereocenters. The molecule has 0 saturated heterocycles. The van der Waals surface area contributed by atoms with Crippen LogP contribution in [-0.4, -0.2) is 21.8 Å². The van der Waals surface area contributed by atoms with Crippen molar-refractivity contribution < 1.29 is 22.8 Å². The van der Waals surface area contributed by atoms with Gasteiger partial charge in [0.1, 0.15) is 5.65 Å². The third kappa shape index (κ3) is 5.78. The smallest absolute Gasteiger partial charge is 0.380 e. The van der Waals surface area contributed by atoms with Gasteiger partial charge in [0.2, 0.25) is 0 Å². The number of alkyl halides is 3. The van der Waals surface area contributed by atoms with Crippen molar-refractivity contribution in [3.8, 4) is 0 Å². The van der Waals surface area contributed by atoms with Crippen LogP contribution in [0, 0.1) is 6.92 Å². The van der Waals surface area contributed by atoms with Crippen molar-refractivity contribution in [2.45, 2.75) is 26.6 Å². The molecule has 0 aliphatic heterocycles. The van der Waals surface area contributed by atoms with Crippen molar-refractivity contribution in [2.75, 3.05) is 16.0 Å². The molecule has 4 aromatic rings. The molecule has 0 radical (unpaired) electrons. The lowest BCUT2D eigenvalue weighted by molar-refractivity contribution is -0.137. The number of rotatable bonds is 6. The molecule has 0 saturated carbocycles. The number of aryl methyl sites for hydroxylation is 1. The lowest BCUT2D eigenvalue weighted by Gasteiger charge is -2.13. The van der Waals surface area contributed by atoms with Crippen LogP contribution in [0.15, 0.2) is 60.8 Å². The summed E-state index contributed by atoms with van der Waals surface area (Å²) in [4.78, 5) is 31.2. The normalized spacial score (nSPS) is 11.3. The number of benzene rings is 2. The summed E-state index contributed by atoms with van der Waals surface area (Å²) in [6.45, 7) is 3.84.